The molecule has 178 valence electrons. The summed E-state index contributed by atoms with van der Waals surface area (Å²) in [5.74, 6) is 1.00. The third-order valence-corrected chi connectivity index (χ3v) is 8.16. The molecule has 0 unspecified atom stereocenters. The van der Waals surface area contributed by atoms with E-state index in [1.807, 2.05) is 60.4 Å². The molecule has 9 heteroatoms. The number of amides is 1. The molecule has 0 spiro atoms. The third-order valence-electron chi connectivity index (χ3n) is 5.08. The Morgan fingerprint density at radius 3 is 2.62 bits per heavy atom. The highest BCUT2D eigenvalue weighted by molar-refractivity contribution is 8.16. The number of thioether (sulfide) groups is 2. The molecule has 0 N–H and O–H groups in total. The highest BCUT2D eigenvalue weighted by Gasteiger charge is 2.23. The number of para-hydroxylation sites is 1. The van der Waals surface area contributed by atoms with Crippen LogP contribution in [0, 0.1) is 11.3 Å². The van der Waals surface area contributed by atoms with Crippen LogP contribution in [-0.4, -0.2) is 59.8 Å². The number of pyridine rings is 1. The van der Waals surface area contributed by atoms with E-state index < -0.39 is 0 Å². The zero-order chi connectivity index (χ0) is 24.7. The molecule has 1 amide bonds. The fourth-order valence-corrected chi connectivity index (χ4v) is 6.27. The minimum absolute atomic E-state index is 0.0832. The third kappa shape index (κ3) is 5.93. The van der Waals surface area contributed by atoms with Gasteiger partial charge in [-0.05, 0) is 24.3 Å². The molecule has 0 aliphatic rings. The van der Waals surface area contributed by atoms with Crippen LogP contribution in [0.2, 0.25) is 0 Å². The van der Waals surface area contributed by atoms with Gasteiger partial charge in [-0.15, -0.1) is 11.3 Å². The van der Waals surface area contributed by atoms with E-state index in [0.29, 0.717) is 16.2 Å². The highest BCUT2D eigenvalue weighted by Crippen LogP contribution is 2.40. The van der Waals surface area contributed by atoms with Crippen LogP contribution in [0.15, 0.2) is 40.9 Å². The first-order valence-corrected chi connectivity index (χ1v) is 14.0. The van der Waals surface area contributed by atoms with Crippen molar-refractivity contribution in [3.8, 4) is 27.9 Å². The highest BCUT2D eigenvalue weighted by atomic mass is 32.2. The molecule has 3 rings (SSSR count). The van der Waals surface area contributed by atoms with Crippen LogP contribution in [0.3, 0.4) is 0 Å². The van der Waals surface area contributed by atoms with Crippen molar-refractivity contribution in [2.24, 2.45) is 0 Å². The average Bonchev–Trinajstić information content (AvgIpc) is 3.37. The van der Waals surface area contributed by atoms with Gasteiger partial charge in [0.25, 0.3) is 5.91 Å². The van der Waals surface area contributed by atoms with Crippen LogP contribution in [-0.2, 0) is 0 Å². The van der Waals surface area contributed by atoms with Gasteiger partial charge < -0.3 is 9.80 Å². The summed E-state index contributed by atoms with van der Waals surface area (Å²) in [5, 5.41) is 14.5. The molecule has 34 heavy (non-hydrogen) atoms. The van der Waals surface area contributed by atoms with Crippen molar-refractivity contribution in [3.05, 3.63) is 47.0 Å². The number of aromatic nitrogens is 2. The van der Waals surface area contributed by atoms with Gasteiger partial charge in [0.2, 0.25) is 0 Å². The number of unbranched alkanes of at least 4 members (excludes halogenated alkanes) is 1. The number of hydrogen-bond acceptors (Lipinski definition) is 8. The summed E-state index contributed by atoms with van der Waals surface area (Å²) in [6, 6.07) is 10.00. The number of hydrogen-bond donors (Lipinski definition) is 0. The Morgan fingerprint density at radius 1 is 1.21 bits per heavy atom. The first-order chi connectivity index (χ1) is 16.4. The summed E-state index contributed by atoms with van der Waals surface area (Å²) in [6.07, 6.45) is 4.10. The second-order valence-electron chi connectivity index (χ2n) is 8.00. The van der Waals surface area contributed by atoms with Crippen LogP contribution in [0.1, 0.15) is 35.7 Å². The minimum Gasteiger partial charge on any atom is -0.377 e. The van der Waals surface area contributed by atoms with Gasteiger partial charge in [-0.3, -0.25) is 4.79 Å². The van der Waals surface area contributed by atoms with Crippen molar-refractivity contribution in [1.82, 2.24) is 14.9 Å². The first-order valence-electron chi connectivity index (χ1n) is 11.0. The SMILES string of the molecule is CCCCSCSc1nc(-c2nccs2)cc(-c2cccc(C(=O)N(C)C)c2N(C)C)c1C#N. The van der Waals surface area contributed by atoms with Crippen LogP contribution in [0.5, 0.6) is 0 Å². The molecular formula is C25H29N5OS3. The van der Waals surface area contributed by atoms with Crippen molar-refractivity contribution in [1.29, 1.82) is 5.26 Å². The van der Waals surface area contributed by atoms with E-state index in [4.69, 9.17) is 4.98 Å². The van der Waals surface area contributed by atoms with E-state index in [0.717, 1.165) is 38.4 Å². The van der Waals surface area contributed by atoms with Crippen LogP contribution >= 0.6 is 34.9 Å². The van der Waals surface area contributed by atoms with Gasteiger partial charge in [0.1, 0.15) is 21.8 Å². The van der Waals surface area contributed by atoms with E-state index in [1.54, 1.807) is 37.0 Å². The van der Waals surface area contributed by atoms with Crippen molar-refractivity contribution in [3.63, 3.8) is 0 Å². The molecule has 0 bridgehead atoms. The van der Waals surface area contributed by atoms with Gasteiger partial charge in [-0.2, -0.15) is 17.0 Å². The maximum atomic E-state index is 13.0. The Morgan fingerprint density at radius 2 is 2.00 bits per heavy atom. The Bertz CT molecular complexity index is 1170. The van der Waals surface area contributed by atoms with Gasteiger partial charge in [-0.1, -0.05) is 37.2 Å². The number of benzene rings is 1. The van der Waals surface area contributed by atoms with E-state index in [9.17, 15) is 10.1 Å². The average molecular weight is 512 g/mol. The second-order valence-corrected chi connectivity index (χ2v) is 11.3. The number of carbonyl (C=O) groups is 1. The molecule has 0 saturated heterocycles. The zero-order valence-electron chi connectivity index (χ0n) is 20.2. The van der Waals surface area contributed by atoms with E-state index in [2.05, 4.69) is 18.0 Å². The molecule has 3 aromatic rings. The van der Waals surface area contributed by atoms with Crippen molar-refractivity contribution in [2.45, 2.75) is 24.8 Å². The molecule has 0 aliphatic carbocycles. The van der Waals surface area contributed by atoms with Crippen molar-refractivity contribution in [2.75, 3.05) is 43.9 Å². The fraction of sp³-hybridized carbons (Fsp3) is 0.360. The standard InChI is InChI=1S/C25H29N5OS3/c1-6-7-12-32-16-34-23-20(15-26)19(14-21(28-23)24-27-11-13-33-24)17-9-8-10-18(22(17)29(2)3)25(31)30(4)5/h8-11,13-14H,6-7,12,16H2,1-5H3. The Balaban J connectivity index is 2.20. The Hall–Kier alpha value is -2.54. The lowest BCUT2D eigenvalue weighted by Crippen LogP contribution is -2.25. The van der Waals surface area contributed by atoms with Crippen molar-refractivity contribution < 1.29 is 4.79 Å². The van der Waals surface area contributed by atoms with Gasteiger partial charge in [0, 0.05) is 56.0 Å². The lowest BCUT2D eigenvalue weighted by atomic mass is 9.95. The molecule has 0 atom stereocenters. The fourth-order valence-electron chi connectivity index (χ4n) is 3.47. The zero-order valence-corrected chi connectivity index (χ0v) is 22.6. The molecule has 6 nitrogen and oxygen atoms in total. The van der Waals surface area contributed by atoms with Gasteiger partial charge >= 0.3 is 0 Å². The monoisotopic (exact) mass is 511 g/mol. The maximum absolute atomic E-state index is 13.0. The van der Waals surface area contributed by atoms with Crippen LogP contribution < -0.4 is 4.90 Å². The normalized spacial score (nSPS) is 10.7. The summed E-state index contributed by atoms with van der Waals surface area (Å²) in [6.45, 7) is 2.18. The Labute approximate surface area is 214 Å². The van der Waals surface area contributed by atoms with Crippen LogP contribution in [0.25, 0.3) is 21.8 Å². The van der Waals surface area contributed by atoms with Crippen LogP contribution in [0.4, 0.5) is 5.69 Å². The lowest BCUT2D eigenvalue weighted by molar-refractivity contribution is 0.0828. The first kappa shape index (κ1) is 26.1. The summed E-state index contributed by atoms with van der Waals surface area (Å²) < 4.78 is 0. The second kappa shape index (κ2) is 12.2. The number of anilines is 1. The summed E-state index contributed by atoms with van der Waals surface area (Å²) in [5.41, 5.74) is 4.23. The van der Waals surface area contributed by atoms with E-state index in [-0.39, 0.29) is 5.91 Å². The number of thiazole rings is 1. The summed E-state index contributed by atoms with van der Waals surface area (Å²) in [4.78, 5) is 25.8. The number of carbonyl (C=O) groups excluding carboxylic acids is 1. The van der Waals surface area contributed by atoms with Crippen molar-refractivity contribution >= 4 is 46.5 Å². The molecular weight excluding hydrogens is 483 g/mol. The molecule has 0 aliphatic heterocycles. The topological polar surface area (TPSA) is 73.1 Å². The molecule has 1 aromatic carbocycles. The minimum atomic E-state index is -0.0832. The molecule has 0 fully saturated rings. The smallest absolute Gasteiger partial charge is 0.255 e. The quantitative estimate of drug-likeness (QED) is 0.185. The predicted molar refractivity (Wildman–Crippen MR) is 146 cm³/mol. The predicted octanol–water partition coefficient (Wildman–Crippen LogP) is 6.09. The lowest BCUT2D eigenvalue weighted by Gasteiger charge is -2.24. The molecule has 0 saturated carbocycles. The largest absolute Gasteiger partial charge is 0.377 e. The molecule has 2 aromatic heterocycles. The number of nitrogens with zero attached hydrogens (tertiary/aromatic N) is 5. The van der Waals surface area contributed by atoms with Gasteiger partial charge in [-0.25, -0.2) is 9.97 Å². The van der Waals surface area contributed by atoms with Gasteiger partial charge in [0.15, 0.2) is 0 Å². The van der Waals surface area contributed by atoms with E-state index >= 15 is 0 Å². The maximum Gasteiger partial charge on any atom is 0.255 e. The number of rotatable bonds is 10. The molecule has 0 radical (unpaired) electrons. The number of nitriles is 1. The van der Waals surface area contributed by atoms with Gasteiger partial charge in [0.05, 0.1) is 16.8 Å². The van der Waals surface area contributed by atoms with E-state index in [1.165, 1.54) is 24.2 Å². The summed E-state index contributed by atoms with van der Waals surface area (Å²) >= 11 is 4.96. The summed E-state index contributed by atoms with van der Waals surface area (Å²) in [7, 11) is 7.32. The Kier molecular flexibility index (Phi) is 9.39. The molecule has 2 heterocycles.